The lowest BCUT2D eigenvalue weighted by Crippen LogP contribution is -2.26. The minimum absolute atomic E-state index is 0.404. The summed E-state index contributed by atoms with van der Waals surface area (Å²) >= 11 is 0. The van der Waals surface area contributed by atoms with Gasteiger partial charge in [0.15, 0.2) is 0 Å². The minimum Gasteiger partial charge on any atom is -0.357 e. The summed E-state index contributed by atoms with van der Waals surface area (Å²) in [6.45, 7) is 6.34. The summed E-state index contributed by atoms with van der Waals surface area (Å²) in [4.78, 5) is 10.7. The third-order valence-electron chi connectivity index (χ3n) is 3.08. The van der Waals surface area contributed by atoms with Gasteiger partial charge >= 0.3 is 0 Å². The van der Waals surface area contributed by atoms with Gasteiger partial charge in [0.05, 0.1) is 0 Å². The van der Waals surface area contributed by atoms with Gasteiger partial charge in [-0.15, -0.1) is 0 Å². The van der Waals surface area contributed by atoms with Crippen LogP contribution in [0.1, 0.15) is 19.4 Å². The van der Waals surface area contributed by atoms with Gasteiger partial charge in [-0.3, -0.25) is 0 Å². The highest BCUT2D eigenvalue weighted by molar-refractivity contribution is 5.59. The molecule has 1 N–H and O–H groups in total. The van der Waals surface area contributed by atoms with Crippen LogP contribution >= 0.6 is 0 Å². The highest BCUT2D eigenvalue weighted by atomic mass is 15.2. The number of hydrogen-bond acceptors (Lipinski definition) is 4. The van der Waals surface area contributed by atoms with Crippen LogP contribution in [0, 0.1) is 6.92 Å². The number of nitrogens with one attached hydrogen (secondary N) is 1. The molecule has 0 radical (unpaired) electrons. The number of benzene rings is 1. The topological polar surface area (TPSA) is 41.0 Å². The van der Waals surface area contributed by atoms with Gasteiger partial charge in [0.25, 0.3) is 0 Å². The minimum atomic E-state index is 0.404. The molecule has 0 spiro atoms. The normalized spacial score (nSPS) is 10.6. The SMILES string of the molecule is Cc1cccc(Nc2cc(N(C)C(C)C)ncn2)c1. The van der Waals surface area contributed by atoms with Crippen LogP contribution in [-0.4, -0.2) is 23.1 Å². The van der Waals surface area contributed by atoms with Gasteiger partial charge in [0.2, 0.25) is 0 Å². The molecular formula is C15H20N4. The van der Waals surface area contributed by atoms with Crippen molar-refractivity contribution < 1.29 is 0 Å². The first kappa shape index (κ1) is 13.3. The van der Waals surface area contributed by atoms with E-state index in [2.05, 4.69) is 53.1 Å². The number of rotatable bonds is 4. The fourth-order valence-corrected chi connectivity index (χ4v) is 1.74. The van der Waals surface area contributed by atoms with Gasteiger partial charge in [-0.1, -0.05) is 12.1 Å². The van der Waals surface area contributed by atoms with Crippen molar-refractivity contribution in [3.05, 3.63) is 42.2 Å². The van der Waals surface area contributed by atoms with Crippen molar-refractivity contribution in [1.29, 1.82) is 0 Å². The van der Waals surface area contributed by atoms with E-state index in [4.69, 9.17) is 0 Å². The average Bonchev–Trinajstić information content (AvgIpc) is 2.38. The molecule has 0 bridgehead atoms. The van der Waals surface area contributed by atoms with Crippen LogP contribution in [0.5, 0.6) is 0 Å². The maximum Gasteiger partial charge on any atom is 0.135 e. The van der Waals surface area contributed by atoms with Crippen LogP contribution in [0.25, 0.3) is 0 Å². The lowest BCUT2D eigenvalue weighted by Gasteiger charge is -2.22. The zero-order valence-electron chi connectivity index (χ0n) is 11.9. The Bertz CT molecular complexity index is 551. The third-order valence-corrected chi connectivity index (χ3v) is 3.08. The molecule has 0 unspecified atom stereocenters. The summed E-state index contributed by atoms with van der Waals surface area (Å²) in [7, 11) is 2.03. The largest absolute Gasteiger partial charge is 0.357 e. The summed E-state index contributed by atoms with van der Waals surface area (Å²) in [5.41, 5.74) is 2.26. The Morgan fingerprint density at radius 2 is 1.95 bits per heavy atom. The molecule has 0 aliphatic carbocycles. The van der Waals surface area contributed by atoms with Gasteiger partial charge in [-0.25, -0.2) is 9.97 Å². The second-order valence-electron chi connectivity index (χ2n) is 4.96. The van der Waals surface area contributed by atoms with Crippen molar-refractivity contribution in [2.24, 2.45) is 0 Å². The van der Waals surface area contributed by atoms with Crippen molar-refractivity contribution in [2.45, 2.75) is 26.8 Å². The number of aryl methyl sites for hydroxylation is 1. The number of nitrogens with zero attached hydrogens (tertiary/aromatic N) is 3. The lowest BCUT2D eigenvalue weighted by atomic mass is 10.2. The predicted molar refractivity (Wildman–Crippen MR) is 80.0 cm³/mol. The van der Waals surface area contributed by atoms with Crippen molar-refractivity contribution >= 4 is 17.3 Å². The van der Waals surface area contributed by atoms with Crippen LogP contribution < -0.4 is 10.2 Å². The fraction of sp³-hybridized carbons (Fsp3) is 0.333. The van der Waals surface area contributed by atoms with Crippen LogP contribution in [-0.2, 0) is 0 Å². The summed E-state index contributed by atoms with van der Waals surface area (Å²) in [6, 6.07) is 10.6. The van der Waals surface area contributed by atoms with Gasteiger partial charge in [0, 0.05) is 24.8 Å². The second-order valence-corrected chi connectivity index (χ2v) is 4.96. The van der Waals surface area contributed by atoms with Crippen LogP contribution in [0.2, 0.25) is 0 Å². The van der Waals surface area contributed by atoms with Crippen LogP contribution in [0.3, 0.4) is 0 Å². The molecule has 0 atom stereocenters. The molecule has 4 heteroatoms. The molecular weight excluding hydrogens is 236 g/mol. The number of aromatic nitrogens is 2. The van der Waals surface area contributed by atoms with Gasteiger partial charge in [-0.05, 0) is 38.5 Å². The van der Waals surface area contributed by atoms with Gasteiger partial charge in [0.1, 0.15) is 18.0 Å². The summed E-state index contributed by atoms with van der Waals surface area (Å²) in [5, 5.41) is 3.30. The molecule has 0 aliphatic heterocycles. The second kappa shape index (κ2) is 5.69. The average molecular weight is 256 g/mol. The van der Waals surface area contributed by atoms with Crippen molar-refractivity contribution in [3.63, 3.8) is 0 Å². The number of anilines is 3. The van der Waals surface area contributed by atoms with Crippen LogP contribution in [0.4, 0.5) is 17.3 Å². The van der Waals surface area contributed by atoms with E-state index in [1.807, 2.05) is 25.2 Å². The Morgan fingerprint density at radius 1 is 1.16 bits per heavy atom. The highest BCUT2D eigenvalue weighted by Crippen LogP contribution is 2.19. The molecule has 4 nitrogen and oxygen atoms in total. The first-order chi connectivity index (χ1) is 9.06. The lowest BCUT2D eigenvalue weighted by molar-refractivity contribution is 0.742. The molecule has 19 heavy (non-hydrogen) atoms. The van der Waals surface area contributed by atoms with E-state index in [1.54, 1.807) is 6.33 Å². The van der Waals surface area contributed by atoms with E-state index < -0.39 is 0 Å². The molecule has 0 aliphatic rings. The molecule has 1 heterocycles. The van der Waals surface area contributed by atoms with E-state index in [1.165, 1.54) is 5.56 Å². The van der Waals surface area contributed by atoms with Crippen molar-refractivity contribution in [2.75, 3.05) is 17.3 Å². The summed E-state index contributed by atoms with van der Waals surface area (Å²) in [5.74, 6) is 1.73. The third kappa shape index (κ3) is 3.44. The Kier molecular flexibility index (Phi) is 4.00. The fourth-order valence-electron chi connectivity index (χ4n) is 1.74. The highest BCUT2D eigenvalue weighted by Gasteiger charge is 2.07. The van der Waals surface area contributed by atoms with Crippen molar-refractivity contribution in [1.82, 2.24) is 9.97 Å². The van der Waals surface area contributed by atoms with E-state index in [9.17, 15) is 0 Å². The molecule has 1 aromatic heterocycles. The Hall–Kier alpha value is -2.10. The standard InChI is InChI=1S/C15H20N4/c1-11(2)19(4)15-9-14(16-10-17-15)18-13-7-5-6-12(3)8-13/h5-11H,1-4H3,(H,16,17,18). The Balaban J connectivity index is 2.20. The zero-order chi connectivity index (χ0) is 13.8. The predicted octanol–water partition coefficient (Wildman–Crippen LogP) is 3.37. The summed E-state index contributed by atoms with van der Waals surface area (Å²) in [6.07, 6.45) is 1.59. The molecule has 2 aromatic rings. The maximum absolute atomic E-state index is 4.29. The van der Waals surface area contributed by atoms with E-state index in [0.717, 1.165) is 17.3 Å². The Morgan fingerprint density at radius 3 is 2.63 bits per heavy atom. The van der Waals surface area contributed by atoms with E-state index in [-0.39, 0.29) is 0 Å². The van der Waals surface area contributed by atoms with Crippen molar-refractivity contribution in [3.8, 4) is 0 Å². The molecule has 1 aromatic carbocycles. The monoisotopic (exact) mass is 256 g/mol. The molecule has 0 saturated carbocycles. The smallest absolute Gasteiger partial charge is 0.135 e. The molecule has 0 amide bonds. The first-order valence-electron chi connectivity index (χ1n) is 6.45. The Labute approximate surface area is 114 Å². The van der Waals surface area contributed by atoms with Crippen LogP contribution in [0.15, 0.2) is 36.7 Å². The summed E-state index contributed by atoms with van der Waals surface area (Å²) < 4.78 is 0. The molecule has 100 valence electrons. The zero-order valence-corrected chi connectivity index (χ0v) is 11.9. The molecule has 2 rings (SSSR count). The van der Waals surface area contributed by atoms with E-state index in [0.29, 0.717) is 6.04 Å². The molecule has 0 saturated heterocycles. The quantitative estimate of drug-likeness (QED) is 0.910. The van der Waals surface area contributed by atoms with Gasteiger partial charge < -0.3 is 10.2 Å². The maximum atomic E-state index is 4.29. The first-order valence-corrected chi connectivity index (χ1v) is 6.45. The van der Waals surface area contributed by atoms with Gasteiger partial charge in [-0.2, -0.15) is 0 Å². The molecule has 0 fully saturated rings. The van der Waals surface area contributed by atoms with E-state index >= 15 is 0 Å². The number of hydrogen-bond donors (Lipinski definition) is 1.